The molecule has 0 saturated heterocycles. The second-order valence-corrected chi connectivity index (χ2v) is 4.15. The molecule has 1 amide bonds. The van der Waals surface area contributed by atoms with E-state index in [9.17, 15) is 9.18 Å². The van der Waals surface area contributed by atoms with Gasteiger partial charge in [-0.05, 0) is 28.1 Å². The highest BCUT2D eigenvalue weighted by Crippen LogP contribution is 2.31. The van der Waals surface area contributed by atoms with Crippen LogP contribution in [0.3, 0.4) is 0 Å². The number of carbonyl (C=O) groups excluding carboxylic acids is 1. The quantitative estimate of drug-likeness (QED) is 0.897. The van der Waals surface area contributed by atoms with Crippen LogP contribution in [0.4, 0.5) is 10.1 Å². The first-order chi connectivity index (χ1) is 7.00. The van der Waals surface area contributed by atoms with Gasteiger partial charge in [0, 0.05) is 17.4 Å². The average molecular weight is 296 g/mol. The van der Waals surface area contributed by atoms with Gasteiger partial charge >= 0.3 is 0 Å². The number of amides is 1. The number of primary amides is 1. The lowest BCUT2D eigenvalue weighted by Gasteiger charge is -2.09. The van der Waals surface area contributed by atoms with Crippen molar-refractivity contribution in [3.05, 3.63) is 27.4 Å². The van der Waals surface area contributed by atoms with Gasteiger partial charge in [0.1, 0.15) is 5.82 Å². The van der Waals surface area contributed by atoms with Crippen molar-refractivity contribution in [1.29, 1.82) is 0 Å². The summed E-state index contributed by atoms with van der Waals surface area (Å²) in [6, 6.07) is 2.48. The molecule has 0 aliphatic heterocycles. The fraction of sp³-hybridized carbons (Fsp3) is 0.222. The molecular weight excluding hydrogens is 286 g/mol. The third-order valence-corrected chi connectivity index (χ3v) is 2.60. The summed E-state index contributed by atoms with van der Waals surface area (Å²) < 4.78 is 13.4. The Hall–Kier alpha value is -0.810. The third-order valence-electron chi connectivity index (χ3n) is 1.68. The Kier molecular flexibility index (Phi) is 4.35. The largest absolute Gasteiger partial charge is 0.382 e. The van der Waals surface area contributed by atoms with Crippen molar-refractivity contribution < 1.29 is 9.18 Å². The minimum Gasteiger partial charge on any atom is -0.382 e. The molecular formula is C9H9BrClFN2O. The topological polar surface area (TPSA) is 55.1 Å². The van der Waals surface area contributed by atoms with Crippen LogP contribution in [0.2, 0.25) is 5.02 Å². The first kappa shape index (κ1) is 12.3. The number of nitrogens with one attached hydrogen (secondary N) is 1. The smallest absolute Gasteiger partial charge is 0.219 e. The molecule has 3 nitrogen and oxygen atoms in total. The number of benzene rings is 1. The predicted molar refractivity (Wildman–Crippen MR) is 61.4 cm³/mol. The summed E-state index contributed by atoms with van der Waals surface area (Å²) >= 11 is 8.96. The van der Waals surface area contributed by atoms with Crippen molar-refractivity contribution >= 4 is 39.1 Å². The molecule has 3 N–H and O–H groups in total. The fourth-order valence-corrected chi connectivity index (χ4v) is 1.98. The van der Waals surface area contributed by atoms with Crippen LogP contribution in [0, 0.1) is 5.82 Å². The maximum absolute atomic E-state index is 12.8. The van der Waals surface area contributed by atoms with Crippen LogP contribution < -0.4 is 11.1 Å². The van der Waals surface area contributed by atoms with E-state index in [0.717, 1.165) is 0 Å². The molecule has 82 valence electrons. The number of rotatable bonds is 4. The van der Waals surface area contributed by atoms with E-state index in [4.69, 9.17) is 17.3 Å². The lowest BCUT2D eigenvalue weighted by molar-refractivity contribution is -0.117. The Labute approximate surface area is 99.9 Å². The minimum atomic E-state index is -0.424. The number of anilines is 1. The van der Waals surface area contributed by atoms with Gasteiger partial charge in [0.2, 0.25) is 5.91 Å². The molecule has 0 bridgehead atoms. The Morgan fingerprint density at radius 3 is 2.80 bits per heavy atom. The van der Waals surface area contributed by atoms with Crippen LogP contribution >= 0.6 is 27.5 Å². The second kappa shape index (κ2) is 5.32. The van der Waals surface area contributed by atoms with E-state index >= 15 is 0 Å². The number of hydrogen-bond acceptors (Lipinski definition) is 2. The lowest BCUT2D eigenvalue weighted by Crippen LogP contribution is -2.16. The number of nitrogens with two attached hydrogens (primary N) is 1. The molecule has 1 aromatic carbocycles. The van der Waals surface area contributed by atoms with Crippen molar-refractivity contribution in [3.63, 3.8) is 0 Å². The van der Waals surface area contributed by atoms with Crippen LogP contribution in [0.25, 0.3) is 0 Å². The molecule has 0 radical (unpaired) electrons. The van der Waals surface area contributed by atoms with Crippen LogP contribution in [0.5, 0.6) is 0 Å². The van der Waals surface area contributed by atoms with Gasteiger partial charge in [-0.25, -0.2) is 4.39 Å². The number of carbonyl (C=O) groups is 1. The van der Waals surface area contributed by atoms with Crippen LogP contribution in [-0.2, 0) is 4.79 Å². The van der Waals surface area contributed by atoms with E-state index in [2.05, 4.69) is 21.2 Å². The highest BCUT2D eigenvalue weighted by atomic mass is 79.9. The van der Waals surface area contributed by atoms with E-state index in [1.165, 1.54) is 12.1 Å². The molecule has 0 aromatic heterocycles. The zero-order valence-electron chi connectivity index (χ0n) is 7.69. The Morgan fingerprint density at radius 1 is 1.60 bits per heavy atom. The summed E-state index contributed by atoms with van der Waals surface area (Å²) in [6.07, 6.45) is 0.195. The van der Waals surface area contributed by atoms with Crippen LogP contribution in [0.1, 0.15) is 6.42 Å². The van der Waals surface area contributed by atoms with Crippen molar-refractivity contribution in [2.75, 3.05) is 11.9 Å². The van der Waals surface area contributed by atoms with Gasteiger partial charge < -0.3 is 11.1 Å². The van der Waals surface area contributed by atoms with Crippen LogP contribution in [-0.4, -0.2) is 12.5 Å². The first-order valence-corrected chi connectivity index (χ1v) is 5.34. The summed E-state index contributed by atoms with van der Waals surface area (Å²) in [7, 11) is 0. The molecule has 0 fully saturated rings. The van der Waals surface area contributed by atoms with Gasteiger partial charge in [0.15, 0.2) is 0 Å². The molecule has 1 aromatic rings. The molecule has 1 rings (SSSR count). The second-order valence-electron chi connectivity index (χ2n) is 2.89. The van der Waals surface area contributed by atoms with Crippen molar-refractivity contribution in [3.8, 4) is 0 Å². The first-order valence-electron chi connectivity index (χ1n) is 4.17. The van der Waals surface area contributed by atoms with Crippen molar-refractivity contribution in [2.45, 2.75) is 6.42 Å². The van der Waals surface area contributed by atoms with E-state index in [1.54, 1.807) is 0 Å². The van der Waals surface area contributed by atoms with Crippen molar-refractivity contribution in [2.24, 2.45) is 5.73 Å². The Morgan fingerprint density at radius 2 is 2.27 bits per heavy atom. The standard InChI is InChI=1S/C9H9BrClFN2O/c10-6-3-5(12)4-7(11)9(6)14-2-1-8(13)15/h3-4,14H,1-2H2,(H2,13,15). The van der Waals surface area contributed by atoms with E-state index in [1.807, 2.05) is 0 Å². The van der Waals surface area contributed by atoms with Gasteiger partial charge in [0.25, 0.3) is 0 Å². The minimum absolute atomic E-state index is 0.195. The van der Waals surface area contributed by atoms with Gasteiger partial charge in [0.05, 0.1) is 10.7 Å². The van der Waals surface area contributed by atoms with Gasteiger partial charge in [-0.3, -0.25) is 4.79 Å². The molecule has 0 unspecified atom stereocenters. The molecule has 15 heavy (non-hydrogen) atoms. The normalized spacial score (nSPS) is 10.1. The summed E-state index contributed by atoms with van der Waals surface area (Å²) in [5, 5.41) is 3.15. The molecule has 0 aliphatic rings. The molecule has 6 heteroatoms. The van der Waals surface area contributed by atoms with Gasteiger partial charge in [-0.1, -0.05) is 11.6 Å². The zero-order chi connectivity index (χ0) is 11.4. The van der Waals surface area contributed by atoms with E-state index in [0.29, 0.717) is 16.7 Å². The monoisotopic (exact) mass is 294 g/mol. The molecule has 0 atom stereocenters. The summed E-state index contributed by atoms with van der Waals surface area (Å²) in [6.45, 7) is 0.360. The zero-order valence-corrected chi connectivity index (χ0v) is 10.0. The van der Waals surface area contributed by atoms with Gasteiger partial charge in [-0.15, -0.1) is 0 Å². The maximum atomic E-state index is 12.8. The van der Waals surface area contributed by atoms with Gasteiger partial charge in [-0.2, -0.15) is 0 Å². The summed E-state index contributed by atoms with van der Waals surface area (Å²) in [5.41, 5.74) is 5.53. The van der Waals surface area contributed by atoms with E-state index in [-0.39, 0.29) is 11.4 Å². The Balaban J connectivity index is 2.72. The highest BCUT2D eigenvalue weighted by Gasteiger charge is 2.07. The SMILES string of the molecule is NC(=O)CCNc1c(Cl)cc(F)cc1Br. The molecule has 0 heterocycles. The highest BCUT2D eigenvalue weighted by molar-refractivity contribution is 9.10. The third kappa shape index (κ3) is 3.68. The number of halogens is 3. The lowest BCUT2D eigenvalue weighted by atomic mass is 10.3. The average Bonchev–Trinajstić information content (AvgIpc) is 2.08. The predicted octanol–water partition coefficient (Wildman–Crippen LogP) is 2.53. The van der Waals surface area contributed by atoms with Crippen LogP contribution in [0.15, 0.2) is 16.6 Å². The Bertz CT molecular complexity index is 363. The molecule has 0 aliphatic carbocycles. The van der Waals surface area contributed by atoms with Crippen molar-refractivity contribution in [1.82, 2.24) is 0 Å². The summed E-state index contributed by atoms with van der Waals surface area (Å²) in [4.78, 5) is 10.5. The fourth-order valence-electron chi connectivity index (χ4n) is 1.02. The van der Waals surface area contributed by atoms with E-state index < -0.39 is 11.7 Å². The molecule has 0 saturated carbocycles. The number of hydrogen-bond donors (Lipinski definition) is 2. The summed E-state index contributed by atoms with van der Waals surface area (Å²) in [5.74, 6) is -0.829. The molecule has 0 spiro atoms. The maximum Gasteiger partial charge on any atom is 0.219 e.